The summed E-state index contributed by atoms with van der Waals surface area (Å²) in [6, 6.07) is 14.3. The van der Waals surface area contributed by atoms with Crippen LogP contribution in [0.4, 0.5) is 5.69 Å². The third-order valence-electron chi connectivity index (χ3n) is 3.34. The summed E-state index contributed by atoms with van der Waals surface area (Å²) in [7, 11) is 1.51. The van der Waals surface area contributed by atoms with E-state index in [2.05, 4.69) is 15.5 Å². The highest BCUT2D eigenvalue weighted by molar-refractivity contribution is 6.31. The zero-order valence-corrected chi connectivity index (χ0v) is 13.1. The van der Waals surface area contributed by atoms with Crippen molar-refractivity contribution in [1.29, 1.82) is 0 Å². The Morgan fingerprint density at radius 1 is 1.22 bits per heavy atom. The average Bonchev–Trinajstić information content (AvgIpc) is 3.09. The average molecular weight is 328 g/mol. The lowest BCUT2D eigenvalue weighted by atomic mass is 10.1. The molecule has 2 aromatic carbocycles. The maximum Gasteiger partial charge on any atom is 0.259 e. The Morgan fingerprint density at radius 3 is 2.83 bits per heavy atom. The van der Waals surface area contributed by atoms with Crippen molar-refractivity contribution in [2.75, 3.05) is 12.4 Å². The molecule has 1 heterocycles. The number of carbonyl (C=O) groups is 1. The SMILES string of the molecule is COc1ccc(Cl)cc1C(=O)Nc1cccc(-c2ccn[nH]2)c1. The summed E-state index contributed by atoms with van der Waals surface area (Å²) in [4.78, 5) is 12.5. The summed E-state index contributed by atoms with van der Waals surface area (Å²) in [5.41, 5.74) is 2.86. The van der Waals surface area contributed by atoms with E-state index in [1.807, 2.05) is 30.3 Å². The number of H-pyrrole nitrogens is 1. The molecule has 23 heavy (non-hydrogen) atoms. The van der Waals surface area contributed by atoms with Gasteiger partial charge in [-0.25, -0.2) is 0 Å². The Hall–Kier alpha value is -2.79. The molecular formula is C17H14ClN3O2. The third-order valence-corrected chi connectivity index (χ3v) is 3.57. The van der Waals surface area contributed by atoms with E-state index in [0.717, 1.165) is 11.3 Å². The van der Waals surface area contributed by atoms with Crippen molar-refractivity contribution >= 4 is 23.2 Å². The first-order chi connectivity index (χ1) is 11.2. The first kappa shape index (κ1) is 15.1. The van der Waals surface area contributed by atoms with Crippen molar-refractivity contribution in [3.8, 4) is 17.0 Å². The van der Waals surface area contributed by atoms with Crippen LogP contribution in [0.3, 0.4) is 0 Å². The largest absolute Gasteiger partial charge is 0.496 e. The number of halogens is 1. The number of nitrogens with one attached hydrogen (secondary N) is 2. The molecule has 3 aromatic rings. The first-order valence-corrected chi connectivity index (χ1v) is 7.30. The fourth-order valence-corrected chi connectivity index (χ4v) is 2.41. The minimum atomic E-state index is -0.286. The summed E-state index contributed by atoms with van der Waals surface area (Å²) in [6.45, 7) is 0. The van der Waals surface area contributed by atoms with Crippen molar-refractivity contribution < 1.29 is 9.53 Å². The minimum absolute atomic E-state index is 0.286. The van der Waals surface area contributed by atoms with E-state index in [0.29, 0.717) is 22.0 Å². The number of ether oxygens (including phenoxy) is 1. The van der Waals surface area contributed by atoms with Crippen LogP contribution < -0.4 is 10.1 Å². The second-order valence-corrected chi connectivity index (χ2v) is 5.29. The Bertz CT molecular complexity index is 832. The summed E-state index contributed by atoms with van der Waals surface area (Å²) >= 11 is 5.97. The van der Waals surface area contributed by atoms with Gasteiger partial charge in [0.15, 0.2) is 0 Å². The Kier molecular flexibility index (Phi) is 4.30. The van der Waals surface area contributed by atoms with Crippen LogP contribution in [0, 0.1) is 0 Å². The van der Waals surface area contributed by atoms with E-state index in [4.69, 9.17) is 16.3 Å². The standard InChI is InChI=1S/C17H14ClN3O2/c1-23-16-6-5-12(18)10-14(16)17(22)20-13-4-2-3-11(9-13)15-7-8-19-21-15/h2-10H,1H3,(H,19,21)(H,20,22). The van der Waals surface area contributed by atoms with Gasteiger partial charge in [0.25, 0.3) is 5.91 Å². The van der Waals surface area contributed by atoms with E-state index >= 15 is 0 Å². The molecule has 0 aliphatic carbocycles. The molecule has 0 fully saturated rings. The van der Waals surface area contributed by atoms with Crippen LogP contribution in [0.15, 0.2) is 54.7 Å². The number of nitrogens with zero attached hydrogens (tertiary/aromatic N) is 1. The molecule has 0 atom stereocenters. The molecule has 3 rings (SSSR count). The molecule has 0 radical (unpaired) electrons. The van der Waals surface area contributed by atoms with Crippen LogP contribution in [0.2, 0.25) is 5.02 Å². The quantitative estimate of drug-likeness (QED) is 0.761. The molecule has 0 aliphatic heterocycles. The highest BCUT2D eigenvalue weighted by Crippen LogP contribution is 2.25. The van der Waals surface area contributed by atoms with Crippen LogP contribution in [0.1, 0.15) is 10.4 Å². The van der Waals surface area contributed by atoms with E-state index in [9.17, 15) is 4.79 Å². The van der Waals surface area contributed by atoms with Crippen molar-refractivity contribution in [2.24, 2.45) is 0 Å². The number of carbonyl (C=O) groups excluding carboxylic acids is 1. The summed E-state index contributed by atoms with van der Waals surface area (Å²) in [6.07, 6.45) is 1.68. The van der Waals surface area contributed by atoms with Gasteiger partial charge in [-0.3, -0.25) is 9.89 Å². The predicted octanol–water partition coefficient (Wildman–Crippen LogP) is 3.99. The maximum atomic E-state index is 12.5. The van der Waals surface area contributed by atoms with Gasteiger partial charge < -0.3 is 10.1 Å². The molecule has 2 N–H and O–H groups in total. The van der Waals surface area contributed by atoms with Crippen molar-refractivity contribution in [1.82, 2.24) is 10.2 Å². The highest BCUT2D eigenvalue weighted by atomic mass is 35.5. The fraction of sp³-hybridized carbons (Fsp3) is 0.0588. The number of amides is 1. The van der Waals surface area contributed by atoms with Gasteiger partial charge in [-0.05, 0) is 36.4 Å². The fourth-order valence-electron chi connectivity index (χ4n) is 2.24. The highest BCUT2D eigenvalue weighted by Gasteiger charge is 2.13. The molecule has 116 valence electrons. The van der Waals surface area contributed by atoms with Gasteiger partial charge in [-0.15, -0.1) is 0 Å². The molecule has 0 spiro atoms. The Morgan fingerprint density at radius 2 is 2.09 bits per heavy atom. The number of anilines is 1. The van der Waals surface area contributed by atoms with Gasteiger partial charge >= 0.3 is 0 Å². The van der Waals surface area contributed by atoms with E-state index in [1.54, 1.807) is 24.4 Å². The van der Waals surface area contributed by atoms with Crippen LogP contribution in [0.25, 0.3) is 11.3 Å². The van der Waals surface area contributed by atoms with Gasteiger partial charge in [-0.1, -0.05) is 23.7 Å². The predicted molar refractivity (Wildman–Crippen MR) is 90.0 cm³/mol. The Balaban J connectivity index is 1.86. The first-order valence-electron chi connectivity index (χ1n) is 6.92. The molecule has 0 saturated carbocycles. The molecule has 0 saturated heterocycles. The number of hydrogen-bond donors (Lipinski definition) is 2. The van der Waals surface area contributed by atoms with Crippen molar-refractivity contribution in [3.63, 3.8) is 0 Å². The number of methoxy groups -OCH3 is 1. The molecule has 5 nitrogen and oxygen atoms in total. The van der Waals surface area contributed by atoms with Crippen molar-refractivity contribution in [3.05, 3.63) is 65.3 Å². The number of benzene rings is 2. The van der Waals surface area contributed by atoms with E-state index < -0.39 is 0 Å². The second kappa shape index (κ2) is 6.54. The lowest BCUT2D eigenvalue weighted by Crippen LogP contribution is -2.13. The summed E-state index contributed by atoms with van der Waals surface area (Å²) in [5, 5.41) is 10.1. The van der Waals surface area contributed by atoms with Crippen LogP contribution >= 0.6 is 11.6 Å². The molecule has 1 aromatic heterocycles. The topological polar surface area (TPSA) is 67.0 Å². The molecule has 1 amide bonds. The van der Waals surface area contributed by atoms with Gasteiger partial charge in [0, 0.05) is 22.5 Å². The zero-order valence-electron chi connectivity index (χ0n) is 12.3. The normalized spacial score (nSPS) is 10.3. The van der Waals surface area contributed by atoms with E-state index in [-0.39, 0.29) is 5.91 Å². The number of hydrogen-bond acceptors (Lipinski definition) is 3. The van der Waals surface area contributed by atoms with Crippen LogP contribution in [0.5, 0.6) is 5.75 Å². The summed E-state index contributed by atoms with van der Waals surface area (Å²) < 4.78 is 5.21. The van der Waals surface area contributed by atoms with Gasteiger partial charge in [0.2, 0.25) is 0 Å². The van der Waals surface area contributed by atoms with E-state index in [1.165, 1.54) is 7.11 Å². The zero-order chi connectivity index (χ0) is 16.2. The molecule has 0 aliphatic rings. The smallest absolute Gasteiger partial charge is 0.259 e. The number of aromatic nitrogens is 2. The minimum Gasteiger partial charge on any atom is -0.496 e. The molecule has 6 heteroatoms. The number of aromatic amines is 1. The lowest BCUT2D eigenvalue weighted by Gasteiger charge is -2.10. The number of rotatable bonds is 4. The molecule has 0 bridgehead atoms. The Labute approximate surface area is 138 Å². The van der Waals surface area contributed by atoms with Gasteiger partial charge in [0.05, 0.1) is 18.4 Å². The maximum absolute atomic E-state index is 12.5. The summed E-state index contributed by atoms with van der Waals surface area (Å²) in [5.74, 6) is 0.183. The van der Waals surface area contributed by atoms with Gasteiger partial charge in [0.1, 0.15) is 5.75 Å². The molecular weight excluding hydrogens is 314 g/mol. The third kappa shape index (κ3) is 3.35. The van der Waals surface area contributed by atoms with Gasteiger partial charge in [-0.2, -0.15) is 5.10 Å². The van der Waals surface area contributed by atoms with Crippen LogP contribution in [-0.4, -0.2) is 23.2 Å². The second-order valence-electron chi connectivity index (χ2n) is 4.85. The van der Waals surface area contributed by atoms with Crippen molar-refractivity contribution in [2.45, 2.75) is 0 Å². The molecule has 0 unspecified atom stereocenters. The van der Waals surface area contributed by atoms with Crippen LogP contribution in [-0.2, 0) is 0 Å². The lowest BCUT2D eigenvalue weighted by molar-refractivity contribution is 0.102. The monoisotopic (exact) mass is 327 g/mol.